The summed E-state index contributed by atoms with van der Waals surface area (Å²) < 4.78 is 15.7. The molecule has 6 aromatic rings. The Balaban J connectivity index is 1.56. The minimum absolute atomic E-state index is 0.191. The summed E-state index contributed by atoms with van der Waals surface area (Å²) in [6, 6.07) is 45.5. The fourth-order valence-corrected chi connectivity index (χ4v) is 6.04. The van der Waals surface area contributed by atoms with E-state index in [4.69, 9.17) is 4.98 Å². The van der Waals surface area contributed by atoms with Gasteiger partial charge in [-0.25, -0.2) is 9.37 Å². The second-order valence-electron chi connectivity index (χ2n) is 11.0. The molecule has 6 rings (SSSR count). The standard InChI is InChI=1S/C38H33FN2O/c1-28(2)38(42,34-20-12-13-30(25-34)29-21-23-35(39)24-22-29)36-26-41(27-40-36)37(31-14-6-3-7-15-31,32-16-8-4-9-17-32)33-18-10-5-11-19-33/h3-28,42H,1-2H3. The van der Waals surface area contributed by atoms with E-state index in [1.807, 2.05) is 68.8 Å². The zero-order valence-corrected chi connectivity index (χ0v) is 23.7. The van der Waals surface area contributed by atoms with E-state index in [2.05, 4.69) is 77.4 Å². The highest BCUT2D eigenvalue weighted by atomic mass is 19.1. The second-order valence-corrected chi connectivity index (χ2v) is 11.0. The summed E-state index contributed by atoms with van der Waals surface area (Å²) in [5.74, 6) is -0.471. The van der Waals surface area contributed by atoms with Crippen molar-refractivity contribution in [3.63, 3.8) is 0 Å². The molecule has 0 fully saturated rings. The van der Waals surface area contributed by atoms with Crippen molar-refractivity contribution >= 4 is 0 Å². The van der Waals surface area contributed by atoms with Gasteiger partial charge >= 0.3 is 0 Å². The molecule has 42 heavy (non-hydrogen) atoms. The fraction of sp³-hybridized carbons (Fsp3) is 0.132. The number of benzene rings is 5. The first-order valence-corrected chi connectivity index (χ1v) is 14.2. The van der Waals surface area contributed by atoms with E-state index in [-0.39, 0.29) is 11.7 Å². The third-order valence-corrected chi connectivity index (χ3v) is 8.25. The van der Waals surface area contributed by atoms with Crippen molar-refractivity contribution in [2.75, 3.05) is 0 Å². The number of hydrogen-bond donors (Lipinski definition) is 1. The average molecular weight is 553 g/mol. The predicted octanol–water partition coefficient (Wildman–Crippen LogP) is 8.42. The van der Waals surface area contributed by atoms with Crippen LogP contribution in [0.4, 0.5) is 4.39 Å². The number of rotatable bonds is 8. The zero-order chi connectivity index (χ0) is 29.2. The Kier molecular flexibility index (Phi) is 7.32. The number of halogens is 1. The highest BCUT2D eigenvalue weighted by Crippen LogP contribution is 2.43. The van der Waals surface area contributed by atoms with E-state index in [1.165, 1.54) is 12.1 Å². The maximum Gasteiger partial charge on any atom is 0.135 e. The number of aromatic nitrogens is 2. The van der Waals surface area contributed by atoms with Gasteiger partial charge in [0.05, 0.1) is 12.0 Å². The maximum atomic E-state index is 13.6. The van der Waals surface area contributed by atoms with E-state index < -0.39 is 11.1 Å². The Morgan fingerprint density at radius 1 is 0.619 bits per heavy atom. The molecule has 0 saturated heterocycles. The number of nitrogens with zero attached hydrogens (tertiary/aromatic N) is 2. The lowest BCUT2D eigenvalue weighted by Crippen LogP contribution is -2.37. The smallest absolute Gasteiger partial charge is 0.135 e. The number of hydrogen-bond acceptors (Lipinski definition) is 2. The Hall–Kier alpha value is -4.80. The van der Waals surface area contributed by atoms with Gasteiger partial charge in [0.2, 0.25) is 0 Å². The maximum absolute atomic E-state index is 13.6. The van der Waals surface area contributed by atoms with Crippen molar-refractivity contribution in [3.8, 4) is 11.1 Å². The van der Waals surface area contributed by atoms with E-state index in [9.17, 15) is 9.50 Å². The van der Waals surface area contributed by atoms with Gasteiger partial charge < -0.3 is 9.67 Å². The van der Waals surface area contributed by atoms with Crippen molar-refractivity contribution in [2.45, 2.75) is 25.0 Å². The summed E-state index contributed by atoms with van der Waals surface area (Å²) in [5.41, 5.74) is 4.20. The van der Waals surface area contributed by atoms with Gasteiger partial charge in [-0.1, -0.05) is 135 Å². The molecule has 1 unspecified atom stereocenters. The van der Waals surface area contributed by atoms with Crippen molar-refractivity contribution in [2.24, 2.45) is 5.92 Å². The van der Waals surface area contributed by atoms with Crippen LogP contribution in [0.3, 0.4) is 0 Å². The van der Waals surface area contributed by atoms with Crippen LogP contribution in [0, 0.1) is 11.7 Å². The lowest BCUT2D eigenvalue weighted by molar-refractivity contribution is 0.0278. The van der Waals surface area contributed by atoms with Gasteiger partial charge in [-0.05, 0) is 57.5 Å². The molecule has 1 heterocycles. The second kappa shape index (κ2) is 11.2. The third-order valence-electron chi connectivity index (χ3n) is 8.25. The van der Waals surface area contributed by atoms with Crippen LogP contribution in [0.5, 0.6) is 0 Å². The van der Waals surface area contributed by atoms with Gasteiger partial charge in [-0.3, -0.25) is 0 Å². The molecule has 208 valence electrons. The van der Waals surface area contributed by atoms with Crippen LogP contribution in [0.25, 0.3) is 11.1 Å². The lowest BCUT2D eigenvalue weighted by atomic mass is 9.76. The van der Waals surface area contributed by atoms with Gasteiger partial charge in [0.25, 0.3) is 0 Å². The molecule has 1 N–H and O–H groups in total. The molecule has 5 aromatic carbocycles. The first-order chi connectivity index (χ1) is 20.4. The first-order valence-electron chi connectivity index (χ1n) is 14.2. The molecule has 3 nitrogen and oxygen atoms in total. The van der Waals surface area contributed by atoms with E-state index >= 15 is 0 Å². The van der Waals surface area contributed by atoms with Crippen molar-refractivity contribution in [1.82, 2.24) is 9.55 Å². The molecule has 0 bridgehead atoms. The molecule has 0 radical (unpaired) electrons. The van der Waals surface area contributed by atoms with Crippen LogP contribution in [0.15, 0.2) is 152 Å². The van der Waals surface area contributed by atoms with Crippen LogP contribution in [0.2, 0.25) is 0 Å². The summed E-state index contributed by atoms with van der Waals surface area (Å²) in [5, 5.41) is 12.5. The summed E-state index contributed by atoms with van der Waals surface area (Å²) in [7, 11) is 0. The molecule has 0 aliphatic rings. The lowest BCUT2D eigenvalue weighted by Gasteiger charge is -2.37. The summed E-state index contributed by atoms with van der Waals surface area (Å²) in [6.45, 7) is 4.00. The molecule has 4 heteroatoms. The van der Waals surface area contributed by atoms with Gasteiger partial charge in [-0.2, -0.15) is 0 Å². The van der Waals surface area contributed by atoms with Crippen LogP contribution in [0.1, 0.15) is 41.8 Å². The van der Waals surface area contributed by atoms with Crippen molar-refractivity contribution in [1.29, 1.82) is 0 Å². The quantitative estimate of drug-likeness (QED) is 0.193. The average Bonchev–Trinajstić information content (AvgIpc) is 3.54. The highest BCUT2D eigenvalue weighted by Gasteiger charge is 2.42. The summed E-state index contributed by atoms with van der Waals surface area (Å²) in [6.07, 6.45) is 3.82. The minimum atomic E-state index is -1.38. The molecule has 0 aliphatic heterocycles. The van der Waals surface area contributed by atoms with Crippen LogP contribution < -0.4 is 0 Å². The molecular weight excluding hydrogens is 519 g/mol. The summed E-state index contributed by atoms with van der Waals surface area (Å²) >= 11 is 0. The third kappa shape index (κ3) is 4.64. The van der Waals surface area contributed by atoms with Gasteiger partial charge in [0, 0.05) is 6.20 Å². The van der Waals surface area contributed by atoms with Crippen LogP contribution in [-0.2, 0) is 11.1 Å². The van der Waals surface area contributed by atoms with E-state index in [1.54, 1.807) is 12.1 Å². The van der Waals surface area contributed by atoms with E-state index in [0.29, 0.717) is 5.69 Å². The molecule has 0 spiro atoms. The van der Waals surface area contributed by atoms with Crippen molar-refractivity contribution in [3.05, 3.63) is 186 Å². The Morgan fingerprint density at radius 2 is 1.12 bits per heavy atom. The van der Waals surface area contributed by atoms with Crippen LogP contribution in [-0.4, -0.2) is 14.7 Å². The monoisotopic (exact) mass is 552 g/mol. The molecule has 0 amide bonds. The van der Waals surface area contributed by atoms with Gasteiger partial charge in [-0.15, -0.1) is 0 Å². The zero-order valence-electron chi connectivity index (χ0n) is 23.7. The van der Waals surface area contributed by atoms with E-state index in [0.717, 1.165) is 33.4 Å². The first kappa shape index (κ1) is 27.4. The minimum Gasteiger partial charge on any atom is -0.378 e. The molecular formula is C38H33FN2O. The Bertz CT molecular complexity index is 1670. The van der Waals surface area contributed by atoms with Crippen molar-refractivity contribution < 1.29 is 9.50 Å². The van der Waals surface area contributed by atoms with Crippen LogP contribution >= 0.6 is 0 Å². The Morgan fingerprint density at radius 3 is 1.62 bits per heavy atom. The highest BCUT2D eigenvalue weighted by molar-refractivity contribution is 5.65. The topological polar surface area (TPSA) is 38.0 Å². The molecule has 0 aliphatic carbocycles. The molecule has 1 aromatic heterocycles. The molecule has 0 saturated carbocycles. The summed E-state index contributed by atoms with van der Waals surface area (Å²) in [4.78, 5) is 4.91. The predicted molar refractivity (Wildman–Crippen MR) is 167 cm³/mol. The van der Waals surface area contributed by atoms with Gasteiger partial charge in [0.15, 0.2) is 0 Å². The molecule has 1 atom stereocenters. The number of aliphatic hydroxyl groups is 1. The largest absolute Gasteiger partial charge is 0.378 e. The fourth-order valence-electron chi connectivity index (χ4n) is 6.04. The number of imidazole rings is 1. The van der Waals surface area contributed by atoms with Gasteiger partial charge in [0.1, 0.15) is 17.0 Å². The normalized spacial score (nSPS) is 13.2. The Labute approximate surface area is 246 Å². The SMILES string of the molecule is CC(C)C(O)(c1cccc(-c2ccc(F)cc2)c1)c1cn(C(c2ccccc2)(c2ccccc2)c2ccccc2)cn1.